The van der Waals surface area contributed by atoms with Gasteiger partial charge in [-0.1, -0.05) is 6.07 Å². The van der Waals surface area contributed by atoms with Crippen molar-refractivity contribution in [1.82, 2.24) is 4.98 Å². The second-order valence-corrected chi connectivity index (χ2v) is 4.38. The molecule has 0 spiro atoms. The van der Waals surface area contributed by atoms with E-state index < -0.39 is 0 Å². The zero-order valence-electron chi connectivity index (χ0n) is 9.37. The fourth-order valence-electron chi connectivity index (χ4n) is 2.74. The smallest absolute Gasteiger partial charge is 0.128 e. The lowest BCUT2D eigenvalue weighted by Crippen LogP contribution is -2.33. The van der Waals surface area contributed by atoms with Crippen LogP contribution in [0.2, 0.25) is 0 Å². The molecule has 0 radical (unpaired) electrons. The van der Waals surface area contributed by atoms with Gasteiger partial charge < -0.3 is 14.4 Å². The average Bonchev–Trinajstić information content (AvgIpc) is 2.91. The van der Waals surface area contributed by atoms with E-state index in [1.807, 2.05) is 24.4 Å². The van der Waals surface area contributed by atoms with Gasteiger partial charge in [0.15, 0.2) is 0 Å². The minimum absolute atomic E-state index is 0.273. The van der Waals surface area contributed by atoms with E-state index in [9.17, 15) is 0 Å². The summed E-state index contributed by atoms with van der Waals surface area (Å²) in [6, 6.07) is 6.44. The van der Waals surface area contributed by atoms with Crippen LogP contribution in [0.25, 0.3) is 0 Å². The molecule has 2 saturated heterocycles. The number of rotatable bonds is 2. The molecule has 86 valence electrons. The highest BCUT2D eigenvalue weighted by Crippen LogP contribution is 2.34. The van der Waals surface area contributed by atoms with Crippen molar-refractivity contribution in [1.29, 1.82) is 0 Å². The number of aromatic nitrogens is 1. The summed E-state index contributed by atoms with van der Waals surface area (Å²) in [5.41, 5.74) is 0. The zero-order chi connectivity index (χ0) is 11.0. The van der Waals surface area contributed by atoms with E-state index in [2.05, 4.69) is 9.88 Å². The van der Waals surface area contributed by atoms with E-state index in [-0.39, 0.29) is 6.10 Å². The summed E-state index contributed by atoms with van der Waals surface area (Å²) in [6.07, 6.45) is 2.11. The van der Waals surface area contributed by atoms with Crippen LogP contribution >= 0.6 is 0 Å². The van der Waals surface area contributed by atoms with Crippen molar-refractivity contribution in [2.24, 2.45) is 5.92 Å². The standard InChI is InChI=1S/C12H16N2O2/c1-15-11-6-14(10-8-16-7-9(10)11)12-4-2-3-5-13-12/h2-5,9-11H,6-8H2,1H3/t9-,10+,11-/m1/s1. The molecule has 1 aromatic rings. The molecule has 2 aliphatic rings. The Bertz CT molecular complexity index is 357. The molecule has 3 atom stereocenters. The van der Waals surface area contributed by atoms with Crippen molar-refractivity contribution in [2.45, 2.75) is 12.1 Å². The van der Waals surface area contributed by atoms with Gasteiger partial charge in [0.2, 0.25) is 0 Å². The van der Waals surface area contributed by atoms with Crippen molar-refractivity contribution < 1.29 is 9.47 Å². The minimum Gasteiger partial charge on any atom is -0.379 e. The van der Waals surface area contributed by atoms with Gasteiger partial charge in [0, 0.05) is 25.8 Å². The Morgan fingerprint density at radius 3 is 3.12 bits per heavy atom. The van der Waals surface area contributed by atoms with Crippen LogP contribution in [0.1, 0.15) is 0 Å². The lowest BCUT2D eigenvalue weighted by atomic mass is 10.0. The summed E-state index contributed by atoms with van der Waals surface area (Å²) in [5, 5.41) is 0. The third-order valence-electron chi connectivity index (χ3n) is 3.59. The molecule has 3 heterocycles. The Hall–Kier alpha value is -1.13. The number of fused-ring (bicyclic) bond motifs is 1. The third kappa shape index (κ3) is 1.49. The quantitative estimate of drug-likeness (QED) is 0.742. The molecular formula is C12H16N2O2. The fraction of sp³-hybridized carbons (Fsp3) is 0.583. The molecule has 16 heavy (non-hydrogen) atoms. The minimum atomic E-state index is 0.273. The van der Waals surface area contributed by atoms with Gasteiger partial charge in [-0.25, -0.2) is 4.98 Å². The van der Waals surface area contributed by atoms with Crippen LogP contribution in [-0.4, -0.2) is 44.0 Å². The first-order valence-corrected chi connectivity index (χ1v) is 5.68. The lowest BCUT2D eigenvalue weighted by molar-refractivity contribution is 0.0648. The molecule has 0 amide bonds. The van der Waals surface area contributed by atoms with Gasteiger partial charge in [0.05, 0.1) is 25.4 Å². The van der Waals surface area contributed by atoms with Crippen LogP contribution in [0.15, 0.2) is 24.4 Å². The van der Waals surface area contributed by atoms with Crippen molar-refractivity contribution >= 4 is 5.82 Å². The second kappa shape index (κ2) is 4.03. The lowest BCUT2D eigenvalue weighted by Gasteiger charge is -2.23. The summed E-state index contributed by atoms with van der Waals surface area (Å²) in [5.74, 6) is 1.52. The van der Waals surface area contributed by atoms with Crippen LogP contribution < -0.4 is 4.90 Å². The van der Waals surface area contributed by atoms with Gasteiger partial charge in [0.1, 0.15) is 5.82 Å². The maximum absolute atomic E-state index is 5.55. The van der Waals surface area contributed by atoms with E-state index >= 15 is 0 Å². The topological polar surface area (TPSA) is 34.6 Å². The predicted octanol–water partition coefficient (Wildman–Crippen LogP) is 0.932. The molecular weight excluding hydrogens is 204 g/mol. The third-order valence-corrected chi connectivity index (χ3v) is 3.59. The predicted molar refractivity (Wildman–Crippen MR) is 60.5 cm³/mol. The number of pyridine rings is 1. The average molecular weight is 220 g/mol. The van der Waals surface area contributed by atoms with E-state index in [1.165, 1.54) is 0 Å². The highest BCUT2D eigenvalue weighted by Gasteiger charge is 2.46. The van der Waals surface area contributed by atoms with E-state index in [1.54, 1.807) is 7.11 Å². The monoisotopic (exact) mass is 220 g/mol. The van der Waals surface area contributed by atoms with Crippen molar-refractivity contribution in [3.8, 4) is 0 Å². The van der Waals surface area contributed by atoms with E-state index in [0.717, 1.165) is 25.6 Å². The molecule has 0 bridgehead atoms. The van der Waals surface area contributed by atoms with Gasteiger partial charge in [-0.2, -0.15) is 0 Å². The van der Waals surface area contributed by atoms with Crippen LogP contribution in [0, 0.1) is 5.92 Å². The Morgan fingerprint density at radius 1 is 1.44 bits per heavy atom. The van der Waals surface area contributed by atoms with Gasteiger partial charge in [-0.3, -0.25) is 0 Å². The number of hydrogen-bond acceptors (Lipinski definition) is 4. The maximum atomic E-state index is 5.55. The molecule has 0 N–H and O–H groups in total. The molecule has 0 aromatic carbocycles. The number of methoxy groups -OCH3 is 1. The number of ether oxygens (including phenoxy) is 2. The maximum Gasteiger partial charge on any atom is 0.128 e. The number of nitrogens with zero attached hydrogens (tertiary/aromatic N) is 2. The van der Waals surface area contributed by atoms with Crippen molar-refractivity contribution in [3.63, 3.8) is 0 Å². The molecule has 4 nitrogen and oxygen atoms in total. The Kier molecular flexibility index (Phi) is 2.53. The first-order valence-electron chi connectivity index (χ1n) is 5.68. The Labute approximate surface area is 95.2 Å². The Morgan fingerprint density at radius 2 is 2.38 bits per heavy atom. The van der Waals surface area contributed by atoms with Crippen molar-refractivity contribution in [3.05, 3.63) is 24.4 Å². The Balaban J connectivity index is 1.87. The van der Waals surface area contributed by atoms with Crippen LogP contribution in [0.4, 0.5) is 5.82 Å². The highest BCUT2D eigenvalue weighted by molar-refractivity contribution is 5.42. The van der Waals surface area contributed by atoms with Crippen LogP contribution in [0.3, 0.4) is 0 Å². The van der Waals surface area contributed by atoms with Crippen LogP contribution in [-0.2, 0) is 9.47 Å². The molecule has 2 aliphatic heterocycles. The summed E-state index contributed by atoms with van der Waals surface area (Å²) in [7, 11) is 1.78. The normalized spacial score (nSPS) is 33.1. The van der Waals surface area contributed by atoms with E-state index in [4.69, 9.17) is 9.47 Å². The first-order chi connectivity index (χ1) is 7.90. The summed E-state index contributed by atoms with van der Waals surface area (Å²) in [6.45, 7) is 2.53. The first kappa shape index (κ1) is 10.1. The highest BCUT2D eigenvalue weighted by atomic mass is 16.5. The summed E-state index contributed by atoms with van der Waals surface area (Å²) in [4.78, 5) is 6.72. The molecule has 0 saturated carbocycles. The summed E-state index contributed by atoms with van der Waals surface area (Å²) < 4.78 is 11.1. The molecule has 2 fully saturated rings. The number of anilines is 1. The van der Waals surface area contributed by atoms with Gasteiger partial charge in [-0.05, 0) is 12.1 Å². The van der Waals surface area contributed by atoms with Crippen molar-refractivity contribution in [2.75, 3.05) is 31.8 Å². The van der Waals surface area contributed by atoms with Crippen LogP contribution in [0.5, 0.6) is 0 Å². The van der Waals surface area contributed by atoms with Gasteiger partial charge in [0.25, 0.3) is 0 Å². The largest absolute Gasteiger partial charge is 0.379 e. The molecule has 3 rings (SSSR count). The molecule has 4 heteroatoms. The summed E-state index contributed by atoms with van der Waals surface area (Å²) >= 11 is 0. The molecule has 0 aliphatic carbocycles. The SMILES string of the molecule is CO[C@@H]1CN(c2ccccn2)[C@H]2COC[C@@H]12. The van der Waals surface area contributed by atoms with Gasteiger partial charge in [-0.15, -0.1) is 0 Å². The number of hydrogen-bond donors (Lipinski definition) is 0. The second-order valence-electron chi connectivity index (χ2n) is 4.38. The fourth-order valence-corrected chi connectivity index (χ4v) is 2.74. The molecule has 0 unspecified atom stereocenters. The zero-order valence-corrected chi connectivity index (χ0v) is 9.37. The van der Waals surface area contributed by atoms with Gasteiger partial charge >= 0.3 is 0 Å². The van der Waals surface area contributed by atoms with E-state index in [0.29, 0.717) is 12.0 Å². The molecule has 1 aromatic heterocycles.